The third kappa shape index (κ3) is 2.17. The van der Waals surface area contributed by atoms with Crippen LogP contribution in [-0.2, 0) is 19.1 Å². The van der Waals surface area contributed by atoms with Crippen LogP contribution in [0.5, 0.6) is 0 Å². The van der Waals surface area contributed by atoms with Gasteiger partial charge in [-0.3, -0.25) is 13.5 Å². The maximum Gasteiger partial charge on any atom is 0.215 e. The highest BCUT2D eigenvalue weighted by molar-refractivity contribution is 7.95. The van der Waals surface area contributed by atoms with E-state index in [9.17, 15) is 13.6 Å². The zero-order chi connectivity index (χ0) is 13.7. The normalized spacial score (nSPS) is 26.7. The maximum absolute atomic E-state index is 12.1. The van der Waals surface area contributed by atoms with Crippen LogP contribution in [-0.4, -0.2) is 25.0 Å². The van der Waals surface area contributed by atoms with E-state index >= 15 is 0 Å². The molecule has 1 aliphatic heterocycles. The molecule has 2 rings (SSSR count). The van der Waals surface area contributed by atoms with E-state index in [4.69, 9.17) is 27.4 Å². The molecule has 0 radical (unpaired) electrons. The summed E-state index contributed by atoms with van der Waals surface area (Å²) in [5.41, 5.74) is -1.08. The Morgan fingerprint density at radius 3 is 2.33 bits per heavy atom. The molecular weight excluding hydrogens is 299 g/mol. The number of benzene rings is 1. The largest absolute Gasteiger partial charge is 0.293 e. The molecule has 1 atom stereocenters. The number of Topliss-reactive ketones (excluding diaryl/α,β-unsaturated/α-hetero) is 1. The van der Waals surface area contributed by atoms with Gasteiger partial charge in [0.1, 0.15) is 10.5 Å². The molecule has 1 aromatic carbocycles. The van der Waals surface area contributed by atoms with E-state index in [2.05, 4.69) is 0 Å². The van der Waals surface area contributed by atoms with Crippen LogP contribution >= 0.6 is 23.2 Å². The predicted octanol–water partition coefficient (Wildman–Crippen LogP) is 2.56. The lowest BCUT2D eigenvalue weighted by Crippen LogP contribution is -2.33. The molecule has 1 unspecified atom stereocenters. The fourth-order valence-corrected chi connectivity index (χ4v) is 3.60. The predicted molar refractivity (Wildman–Crippen MR) is 71.5 cm³/mol. The van der Waals surface area contributed by atoms with Crippen molar-refractivity contribution in [2.45, 2.75) is 19.4 Å². The molecule has 0 bridgehead atoms. The summed E-state index contributed by atoms with van der Waals surface area (Å²) in [5, 5.41) is 0.505. The summed E-state index contributed by atoms with van der Waals surface area (Å²) in [5.74, 6) is -0.534. The Hall–Kier alpha value is -0.590. The zero-order valence-corrected chi connectivity index (χ0v) is 11.9. The summed E-state index contributed by atoms with van der Waals surface area (Å²) in [6.45, 7) is 2.88. The van der Waals surface area contributed by atoms with Crippen molar-refractivity contribution in [2.24, 2.45) is 0 Å². The second-order valence-electron chi connectivity index (χ2n) is 4.36. The van der Waals surface area contributed by atoms with E-state index in [0.717, 1.165) is 0 Å². The third-order valence-corrected chi connectivity index (χ3v) is 4.83. The van der Waals surface area contributed by atoms with Crippen molar-refractivity contribution in [2.75, 3.05) is 0 Å². The first kappa shape index (κ1) is 13.8. The highest BCUT2D eigenvalue weighted by atomic mass is 35.5. The molecule has 0 saturated carbocycles. The number of hydrogen-bond acceptors (Lipinski definition) is 3. The fourth-order valence-electron chi connectivity index (χ4n) is 1.67. The molecular formula is C11H10Cl2O4S. The van der Waals surface area contributed by atoms with Crippen molar-refractivity contribution in [3.63, 3.8) is 0 Å². The zero-order valence-electron chi connectivity index (χ0n) is 9.57. The quantitative estimate of drug-likeness (QED) is 0.810. The average Bonchev–Trinajstić information content (AvgIpc) is 2.37. The number of ketones is 1. The van der Waals surface area contributed by atoms with Crippen LogP contribution in [0.15, 0.2) is 18.2 Å². The Kier molecular flexibility index (Phi) is 3.24. The van der Waals surface area contributed by atoms with E-state index < -0.39 is 21.5 Å². The van der Waals surface area contributed by atoms with Gasteiger partial charge in [0.05, 0.1) is 10.0 Å². The van der Waals surface area contributed by atoms with Gasteiger partial charge in [-0.15, -0.1) is 0 Å². The molecule has 0 saturated heterocycles. The summed E-state index contributed by atoms with van der Waals surface area (Å²) < 4.78 is 26.6. The van der Waals surface area contributed by atoms with E-state index in [-0.39, 0.29) is 15.5 Å². The Bertz CT molecular complexity index is 657. The molecule has 1 heterocycles. The second-order valence-corrected chi connectivity index (χ2v) is 6.70. The van der Waals surface area contributed by atoms with Gasteiger partial charge in [0, 0.05) is 0 Å². The topological polar surface area (TPSA) is 63.6 Å². The molecule has 4 nitrogen and oxygen atoms in total. The summed E-state index contributed by atoms with van der Waals surface area (Å²) in [7, 11) is -3.81. The van der Waals surface area contributed by atoms with Gasteiger partial charge in [0.25, 0.3) is 0 Å². The van der Waals surface area contributed by atoms with Gasteiger partial charge in [0.2, 0.25) is 15.9 Å². The van der Waals surface area contributed by atoms with Crippen LogP contribution < -0.4 is 0 Å². The maximum atomic E-state index is 12.1. The highest BCUT2D eigenvalue weighted by Crippen LogP contribution is 2.29. The Morgan fingerprint density at radius 1 is 1.28 bits per heavy atom. The van der Waals surface area contributed by atoms with Gasteiger partial charge in [-0.2, -0.15) is 0 Å². The van der Waals surface area contributed by atoms with Crippen molar-refractivity contribution in [1.29, 1.82) is 0 Å². The van der Waals surface area contributed by atoms with Gasteiger partial charge < -0.3 is 0 Å². The Balaban J connectivity index is 2.67. The molecule has 0 aliphatic carbocycles. The van der Waals surface area contributed by atoms with E-state index in [1.54, 1.807) is 0 Å². The summed E-state index contributed by atoms with van der Waals surface area (Å²) in [6, 6.07) is 4.29. The number of rotatable bonds is 1. The van der Waals surface area contributed by atoms with Gasteiger partial charge in [-0.25, -0.2) is 4.21 Å². The second kappa shape index (κ2) is 4.21. The number of hydrogen-bond donors (Lipinski definition) is 1. The van der Waals surface area contributed by atoms with Crippen molar-refractivity contribution in [3.8, 4) is 0 Å². The van der Waals surface area contributed by atoms with Crippen molar-refractivity contribution < 1.29 is 17.7 Å². The lowest BCUT2D eigenvalue weighted by Gasteiger charge is -2.13. The molecule has 1 aliphatic rings. The van der Waals surface area contributed by atoms with Crippen molar-refractivity contribution in [1.82, 2.24) is 0 Å². The minimum Gasteiger partial charge on any atom is -0.293 e. The molecule has 1 aromatic rings. The Labute approximate surface area is 115 Å². The first-order chi connectivity index (χ1) is 8.15. The number of carbonyl (C=O) groups is 1. The van der Waals surface area contributed by atoms with Crippen LogP contribution in [0.3, 0.4) is 0 Å². The molecule has 0 aromatic heterocycles. The van der Waals surface area contributed by atoms with Crippen LogP contribution in [0.1, 0.15) is 19.4 Å². The first-order valence-electron chi connectivity index (χ1n) is 4.99. The molecule has 18 heavy (non-hydrogen) atoms. The number of carbonyl (C=O) groups excluding carboxylic acids is 1. The SMILES string of the molecule is CC1(C)OS(=O)(O)=C(c2ccc(Cl)c(Cl)c2)C1=O. The van der Waals surface area contributed by atoms with Gasteiger partial charge in [-0.1, -0.05) is 29.3 Å². The Morgan fingerprint density at radius 2 is 1.89 bits per heavy atom. The van der Waals surface area contributed by atoms with Crippen molar-refractivity contribution in [3.05, 3.63) is 33.8 Å². The smallest absolute Gasteiger partial charge is 0.215 e. The van der Waals surface area contributed by atoms with Gasteiger partial charge >= 0.3 is 0 Å². The van der Waals surface area contributed by atoms with Crippen LogP contribution in [0.4, 0.5) is 0 Å². The van der Waals surface area contributed by atoms with Crippen LogP contribution in [0.2, 0.25) is 10.0 Å². The summed E-state index contributed by atoms with van der Waals surface area (Å²) in [6.07, 6.45) is 0. The molecule has 7 heteroatoms. The fraction of sp³-hybridized carbons (Fsp3) is 0.273. The molecule has 1 N–H and O–H groups in total. The summed E-state index contributed by atoms with van der Waals surface area (Å²) >= 11 is 11.6. The summed E-state index contributed by atoms with van der Waals surface area (Å²) in [4.78, 5) is 11.8. The van der Waals surface area contributed by atoms with Crippen LogP contribution in [0.25, 0.3) is 0 Å². The van der Waals surface area contributed by atoms with E-state index in [1.165, 1.54) is 32.0 Å². The average molecular weight is 309 g/mol. The van der Waals surface area contributed by atoms with E-state index in [1.807, 2.05) is 0 Å². The lowest BCUT2D eigenvalue weighted by molar-refractivity contribution is -0.123. The van der Waals surface area contributed by atoms with Gasteiger partial charge in [-0.05, 0) is 31.5 Å². The highest BCUT2D eigenvalue weighted by Gasteiger charge is 2.45. The lowest BCUT2D eigenvalue weighted by atomic mass is 9.97. The van der Waals surface area contributed by atoms with E-state index in [0.29, 0.717) is 5.02 Å². The molecule has 0 fully saturated rings. The minimum absolute atomic E-state index is 0.203. The third-order valence-electron chi connectivity index (χ3n) is 2.51. The minimum atomic E-state index is -3.81. The number of halogens is 2. The first-order valence-corrected chi connectivity index (χ1v) is 7.19. The molecule has 98 valence electrons. The van der Waals surface area contributed by atoms with Crippen molar-refractivity contribution >= 4 is 43.9 Å². The standard InChI is InChI=1S/C11H10Cl2O4S/c1-11(2)10(14)9(18(15,16)17-11)6-3-4-7(12)8(13)5-6/h3-5H,1-2H3,(H,15,16). The molecule has 0 spiro atoms. The van der Waals surface area contributed by atoms with Gasteiger partial charge in [0.15, 0.2) is 0 Å². The van der Waals surface area contributed by atoms with Crippen LogP contribution in [0, 0.1) is 0 Å². The molecule has 0 amide bonds. The monoisotopic (exact) mass is 308 g/mol.